The van der Waals surface area contributed by atoms with Crippen molar-refractivity contribution in [2.24, 2.45) is 0 Å². The quantitative estimate of drug-likeness (QED) is 0.560. The van der Waals surface area contributed by atoms with Crippen molar-refractivity contribution < 1.29 is 4.74 Å². The lowest BCUT2D eigenvalue weighted by molar-refractivity contribution is 0.423. The molecule has 0 saturated carbocycles. The van der Waals surface area contributed by atoms with Crippen LogP contribution in [-0.2, 0) is 4.74 Å². The van der Waals surface area contributed by atoms with Crippen molar-refractivity contribution in [2.75, 3.05) is 6.61 Å². The van der Waals surface area contributed by atoms with Crippen LogP contribution in [0.5, 0.6) is 0 Å². The Bertz CT molecular complexity index is 203. The summed E-state index contributed by atoms with van der Waals surface area (Å²) in [5.74, 6) is 0. The molecule has 0 aliphatic carbocycles. The lowest BCUT2D eigenvalue weighted by atomic mass is 10.6. The molecule has 1 aliphatic rings. The van der Waals surface area contributed by atoms with Gasteiger partial charge in [-0.05, 0) is 6.92 Å². The van der Waals surface area contributed by atoms with E-state index < -0.39 is 0 Å². The van der Waals surface area contributed by atoms with Gasteiger partial charge in [-0.2, -0.15) is 5.10 Å². The molecule has 60 valence electrons. The third kappa shape index (κ3) is 3.52. The third-order valence-corrected chi connectivity index (χ3v) is 1.12. The predicted octanol–water partition coefficient (Wildman–Crippen LogP) is 0.784. The molecule has 2 rings (SSSR count). The predicted molar refractivity (Wildman–Crippen MR) is 41.8 cm³/mol. The van der Waals surface area contributed by atoms with E-state index in [0.29, 0.717) is 6.10 Å². The summed E-state index contributed by atoms with van der Waals surface area (Å²) in [7, 11) is 0. The van der Waals surface area contributed by atoms with E-state index in [-0.39, 0.29) is 0 Å². The van der Waals surface area contributed by atoms with Crippen LogP contribution in [-0.4, -0.2) is 27.5 Å². The molecule has 1 fully saturated rings. The van der Waals surface area contributed by atoms with E-state index in [9.17, 15) is 0 Å². The molecule has 0 radical (unpaired) electrons. The Morgan fingerprint density at radius 3 is 2.64 bits per heavy atom. The van der Waals surface area contributed by atoms with Crippen molar-refractivity contribution in [1.29, 1.82) is 0 Å². The van der Waals surface area contributed by atoms with Crippen LogP contribution >= 0.6 is 0 Å². The number of aromatic nitrogens is 3. The summed E-state index contributed by atoms with van der Waals surface area (Å²) in [5, 5.41) is 3.72. The normalized spacial score (nSPS) is 19.9. The Labute approximate surface area is 65.5 Å². The Balaban J connectivity index is 0.000000128. The lowest BCUT2D eigenvalue weighted by Gasteiger charge is -1.78. The van der Waals surface area contributed by atoms with Crippen LogP contribution in [0.25, 0.3) is 6.20 Å². The monoisotopic (exact) mass is 153 g/mol. The standard InChI is InChI=1S/C4H5N3.C3H6O/c1-2-7-4-5-3-6-7;1-3-2-4-3/h2-4H,1H2;3H,2H2,1H3. The highest BCUT2D eigenvalue weighted by Crippen LogP contribution is 2.04. The Kier molecular flexibility index (Phi) is 2.80. The van der Waals surface area contributed by atoms with Gasteiger partial charge in [0.1, 0.15) is 12.7 Å². The summed E-state index contributed by atoms with van der Waals surface area (Å²) in [6.07, 6.45) is 5.20. The molecule has 0 aromatic carbocycles. The molecular weight excluding hydrogens is 142 g/mol. The van der Waals surface area contributed by atoms with Crippen LogP contribution < -0.4 is 0 Å². The molecular formula is C7H11N3O. The van der Waals surface area contributed by atoms with Gasteiger partial charge in [0.15, 0.2) is 0 Å². The van der Waals surface area contributed by atoms with E-state index in [2.05, 4.69) is 23.6 Å². The van der Waals surface area contributed by atoms with Crippen molar-refractivity contribution in [3.63, 3.8) is 0 Å². The second-order valence-corrected chi connectivity index (χ2v) is 2.20. The van der Waals surface area contributed by atoms with Gasteiger partial charge in [0, 0.05) is 6.20 Å². The van der Waals surface area contributed by atoms with Gasteiger partial charge in [0.2, 0.25) is 0 Å². The molecule has 1 saturated heterocycles. The van der Waals surface area contributed by atoms with Gasteiger partial charge in [-0.1, -0.05) is 6.58 Å². The maximum absolute atomic E-state index is 4.71. The molecule has 1 aliphatic heterocycles. The first-order valence-electron chi connectivity index (χ1n) is 3.41. The van der Waals surface area contributed by atoms with Crippen molar-refractivity contribution in [1.82, 2.24) is 14.8 Å². The highest BCUT2D eigenvalue weighted by Gasteiger charge is 2.13. The van der Waals surface area contributed by atoms with E-state index in [1.165, 1.54) is 11.0 Å². The highest BCUT2D eigenvalue weighted by atomic mass is 16.6. The summed E-state index contributed by atoms with van der Waals surface area (Å²) in [6, 6.07) is 0. The van der Waals surface area contributed by atoms with Crippen molar-refractivity contribution >= 4 is 6.20 Å². The lowest BCUT2D eigenvalue weighted by Crippen LogP contribution is -1.81. The number of rotatable bonds is 1. The fraction of sp³-hybridized carbons (Fsp3) is 0.429. The third-order valence-electron chi connectivity index (χ3n) is 1.12. The minimum atomic E-state index is 0.583. The van der Waals surface area contributed by atoms with Crippen LogP contribution in [0, 0.1) is 0 Å². The van der Waals surface area contributed by atoms with E-state index in [1.807, 2.05) is 0 Å². The second kappa shape index (κ2) is 3.88. The Hall–Kier alpha value is -1.16. The molecule has 0 N–H and O–H groups in total. The number of hydrogen-bond donors (Lipinski definition) is 0. The van der Waals surface area contributed by atoms with Gasteiger partial charge in [-0.3, -0.25) is 0 Å². The number of epoxide rings is 1. The van der Waals surface area contributed by atoms with Crippen LogP contribution in [0.3, 0.4) is 0 Å². The van der Waals surface area contributed by atoms with E-state index in [0.717, 1.165) is 6.61 Å². The fourth-order valence-electron chi connectivity index (χ4n) is 0.408. The average Bonchev–Trinajstić information content (AvgIpc) is 2.66. The van der Waals surface area contributed by atoms with E-state index in [4.69, 9.17) is 4.74 Å². The summed E-state index contributed by atoms with van der Waals surface area (Å²) >= 11 is 0. The van der Waals surface area contributed by atoms with Gasteiger partial charge in [0.05, 0.1) is 12.7 Å². The largest absolute Gasteiger partial charge is 0.373 e. The minimum absolute atomic E-state index is 0.583. The van der Waals surface area contributed by atoms with Crippen molar-refractivity contribution in [3.8, 4) is 0 Å². The molecule has 0 amide bonds. The number of nitrogens with zero attached hydrogens (tertiary/aromatic N) is 3. The molecule has 2 heterocycles. The first kappa shape index (κ1) is 7.94. The van der Waals surface area contributed by atoms with Gasteiger partial charge in [-0.15, -0.1) is 0 Å². The van der Waals surface area contributed by atoms with E-state index in [1.54, 1.807) is 12.5 Å². The van der Waals surface area contributed by atoms with Gasteiger partial charge in [-0.25, -0.2) is 9.67 Å². The minimum Gasteiger partial charge on any atom is -0.373 e. The number of ether oxygens (including phenoxy) is 1. The molecule has 0 bridgehead atoms. The Morgan fingerprint density at radius 1 is 1.82 bits per heavy atom. The molecule has 11 heavy (non-hydrogen) atoms. The van der Waals surface area contributed by atoms with Crippen LogP contribution in [0.2, 0.25) is 0 Å². The summed E-state index contributed by atoms with van der Waals surface area (Å²) in [6.45, 7) is 6.51. The molecule has 1 unspecified atom stereocenters. The van der Waals surface area contributed by atoms with Crippen LogP contribution in [0.15, 0.2) is 19.2 Å². The maximum Gasteiger partial charge on any atom is 0.138 e. The fourth-order valence-corrected chi connectivity index (χ4v) is 0.408. The van der Waals surface area contributed by atoms with Gasteiger partial charge >= 0.3 is 0 Å². The number of hydrogen-bond acceptors (Lipinski definition) is 3. The maximum atomic E-state index is 4.71. The molecule has 1 atom stereocenters. The van der Waals surface area contributed by atoms with Crippen LogP contribution in [0.1, 0.15) is 6.92 Å². The topological polar surface area (TPSA) is 43.2 Å². The summed E-state index contributed by atoms with van der Waals surface area (Å²) in [4.78, 5) is 3.67. The summed E-state index contributed by atoms with van der Waals surface area (Å²) < 4.78 is 6.24. The zero-order valence-electron chi connectivity index (χ0n) is 6.47. The van der Waals surface area contributed by atoms with Gasteiger partial charge < -0.3 is 4.74 Å². The van der Waals surface area contributed by atoms with E-state index >= 15 is 0 Å². The first-order chi connectivity index (χ1) is 5.33. The SMILES string of the molecule is C=Cn1cncn1.CC1CO1. The second-order valence-electron chi connectivity index (χ2n) is 2.20. The highest BCUT2D eigenvalue weighted by molar-refractivity contribution is 5.10. The molecule has 4 heteroatoms. The smallest absolute Gasteiger partial charge is 0.138 e. The van der Waals surface area contributed by atoms with Crippen LogP contribution in [0.4, 0.5) is 0 Å². The average molecular weight is 153 g/mol. The first-order valence-corrected chi connectivity index (χ1v) is 3.41. The Morgan fingerprint density at radius 2 is 2.45 bits per heavy atom. The molecule has 0 spiro atoms. The molecule has 1 aromatic heterocycles. The van der Waals surface area contributed by atoms with Crippen molar-refractivity contribution in [2.45, 2.75) is 13.0 Å². The summed E-state index contributed by atoms with van der Waals surface area (Å²) in [5.41, 5.74) is 0. The van der Waals surface area contributed by atoms with Crippen molar-refractivity contribution in [3.05, 3.63) is 19.2 Å². The molecule has 4 nitrogen and oxygen atoms in total. The molecule has 1 aromatic rings. The zero-order chi connectivity index (χ0) is 8.10. The zero-order valence-corrected chi connectivity index (χ0v) is 6.47. The van der Waals surface area contributed by atoms with Gasteiger partial charge in [0.25, 0.3) is 0 Å².